The number of aliphatic hydroxyl groups excluding tert-OH is 1. The quantitative estimate of drug-likeness (QED) is 0.536. The molecule has 0 aliphatic heterocycles. The van der Waals surface area contributed by atoms with Crippen molar-refractivity contribution < 1.29 is 33.6 Å². The summed E-state index contributed by atoms with van der Waals surface area (Å²) in [5, 5.41) is 9.78. The monoisotopic (exact) mass is 349 g/mol. The number of halogens is 1. The average Bonchev–Trinajstić information content (AvgIpc) is 2.26. The first kappa shape index (κ1) is 16.9. The van der Waals surface area contributed by atoms with Crippen LogP contribution in [0.5, 0.6) is 0 Å². The van der Waals surface area contributed by atoms with E-state index in [2.05, 4.69) is 40.2 Å². The van der Waals surface area contributed by atoms with Gasteiger partial charge in [0, 0.05) is 0 Å². The van der Waals surface area contributed by atoms with Crippen molar-refractivity contribution in [3.8, 4) is 0 Å². The first-order valence-corrected chi connectivity index (χ1v) is 5.90. The minimum absolute atomic E-state index is 0. The van der Waals surface area contributed by atoms with Crippen LogP contribution in [0.4, 0.5) is 0 Å². The summed E-state index contributed by atoms with van der Waals surface area (Å²) in [5.41, 5.74) is 1.13. The summed E-state index contributed by atoms with van der Waals surface area (Å²) >= 11 is 0. The lowest BCUT2D eigenvalue weighted by Gasteiger charge is -2.38. The molecule has 0 aliphatic rings. The van der Waals surface area contributed by atoms with Crippen LogP contribution in [0.1, 0.15) is 18.9 Å². The van der Waals surface area contributed by atoms with E-state index >= 15 is 0 Å². The van der Waals surface area contributed by atoms with E-state index in [1.54, 1.807) is 0 Å². The van der Waals surface area contributed by atoms with E-state index in [4.69, 9.17) is 0 Å². The average molecular weight is 349 g/mol. The van der Waals surface area contributed by atoms with Crippen molar-refractivity contribution in [1.82, 2.24) is 0 Å². The Morgan fingerprint density at radius 3 is 2.00 bits per heavy atom. The molecule has 0 aromatic heterocycles. The molecule has 2 nitrogen and oxygen atoms in total. The highest BCUT2D eigenvalue weighted by atomic mass is 127. The summed E-state index contributed by atoms with van der Waals surface area (Å²) in [7, 11) is 6.51. The van der Waals surface area contributed by atoms with Gasteiger partial charge in [0.2, 0.25) is 0 Å². The minimum Gasteiger partial charge on any atom is -1.00 e. The summed E-state index contributed by atoms with van der Waals surface area (Å²) in [4.78, 5) is 0. The Kier molecular flexibility index (Phi) is 6.66. The van der Waals surface area contributed by atoms with E-state index < -0.39 is 0 Å². The fourth-order valence-electron chi connectivity index (χ4n) is 2.36. The fraction of sp³-hybridized carbons (Fsp3) is 0.571. The molecule has 0 saturated carbocycles. The molecule has 0 amide bonds. The van der Waals surface area contributed by atoms with Crippen LogP contribution in [0.3, 0.4) is 0 Å². The molecule has 0 radical (unpaired) electrons. The SMILES string of the molecule is CCC(CO)(C[N+](C)(C)C)c1ccccc1.[I-]. The third kappa shape index (κ3) is 4.56. The molecule has 0 aliphatic carbocycles. The molecular formula is C14H24INO. The van der Waals surface area contributed by atoms with Gasteiger partial charge in [-0.05, 0) is 12.0 Å². The van der Waals surface area contributed by atoms with E-state index in [1.807, 2.05) is 18.2 Å². The van der Waals surface area contributed by atoms with E-state index in [1.165, 1.54) is 5.56 Å². The van der Waals surface area contributed by atoms with Crippen molar-refractivity contribution in [2.24, 2.45) is 0 Å². The molecule has 98 valence electrons. The number of quaternary nitrogens is 1. The van der Waals surface area contributed by atoms with Gasteiger partial charge in [-0.25, -0.2) is 0 Å². The summed E-state index contributed by atoms with van der Waals surface area (Å²) in [6.45, 7) is 3.31. The van der Waals surface area contributed by atoms with Crippen LogP contribution in [0.25, 0.3) is 0 Å². The van der Waals surface area contributed by atoms with Gasteiger partial charge in [0.25, 0.3) is 0 Å². The van der Waals surface area contributed by atoms with Gasteiger partial charge < -0.3 is 33.6 Å². The maximum absolute atomic E-state index is 9.78. The zero-order chi connectivity index (χ0) is 12.2. The molecule has 0 bridgehead atoms. The number of rotatable bonds is 5. The molecule has 1 N–H and O–H groups in total. The van der Waals surface area contributed by atoms with Gasteiger partial charge in [-0.2, -0.15) is 0 Å². The Bertz CT molecular complexity index is 315. The van der Waals surface area contributed by atoms with Crippen molar-refractivity contribution in [2.75, 3.05) is 34.3 Å². The molecule has 0 saturated heterocycles. The fourth-order valence-corrected chi connectivity index (χ4v) is 2.36. The zero-order valence-electron chi connectivity index (χ0n) is 11.3. The van der Waals surface area contributed by atoms with E-state index in [0.717, 1.165) is 17.4 Å². The molecule has 17 heavy (non-hydrogen) atoms. The maximum atomic E-state index is 9.78. The Labute approximate surface area is 122 Å². The summed E-state index contributed by atoms with van der Waals surface area (Å²) < 4.78 is 0.864. The summed E-state index contributed by atoms with van der Waals surface area (Å²) in [5.74, 6) is 0. The molecule has 0 spiro atoms. The lowest BCUT2D eigenvalue weighted by atomic mass is 9.78. The second-order valence-corrected chi connectivity index (χ2v) is 5.61. The van der Waals surface area contributed by atoms with Crippen LogP contribution >= 0.6 is 0 Å². The van der Waals surface area contributed by atoms with Gasteiger partial charge in [0.05, 0.1) is 39.7 Å². The molecule has 1 atom stereocenters. The van der Waals surface area contributed by atoms with Gasteiger partial charge >= 0.3 is 0 Å². The predicted molar refractivity (Wildman–Crippen MR) is 68.4 cm³/mol. The van der Waals surface area contributed by atoms with Crippen molar-refractivity contribution in [1.29, 1.82) is 0 Å². The molecule has 0 heterocycles. The van der Waals surface area contributed by atoms with Gasteiger partial charge in [-0.15, -0.1) is 0 Å². The first-order chi connectivity index (χ1) is 7.43. The van der Waals surface area contributed by atoms with Crippen LogP contribution in [0, 0.1) is 0 Å². The predicted octanol–water partition coefficient (Wildman–Crippen LogP) is -0.963. The Morgan fingerprint density at radius 1 is 1.12 bits per heavy atom. The number of hydrogen-bond donors (Lipinski definition) is 1. The van der Waals surface area contributed by atoms with Crippen LogP contribution in [-0.4, -0.2) is 43.9 Å². The third-order valence-corrected chi connectivity index (χ3v) is 3.14. The Hall–Kier alpha value is -0.130. The van der Waals surface area contributed by atoms with E-state index in [0.29, 0.717) is 0 Å². The van der Waals surface area contributed by atoms with Crippen molar-refractivity contribution in [3.63, 3.8) is 0 Å². The zero-order valence-corrected chi connectivity index (χ0v) is 13.4. The maximum Gasteiger partial charge on any atom is 0.0901 e. The smallest absolute Gasteiger partial charge is 0.0901 e. The minimum atomic E-state index is -0.112. The molecule has 1 rings (SSSR count). The molecule has 1 aromatic carbocycles. The van der Waals surface area contributed by atoms with Crippen LogP contribution in [0.2, 0.25) is 0 Å². The molecule has 1 unspecified atom stereocenters. The molecule has 0 fully saturated rings. The highest BCUT2D eigenvalue weighted by molar-refractivity contribution is 5.25. The van der Waals surface area contributed by atoms with Crippen molar-refractivity contribution in [2.45, 2.75) is 18.8 Å². The second kappa shape index (κ2) is 6.71. The van der Waals surface area contributed by atoms with E-state index in [-0.39, 0.29) is 36.0 Å². The largest absolute Gasteiger partial charge is 1.00 e. The molecule has 3 heteroatoms. The second-order valence-electron chi connectivity index (χ2n) is 5.61. The van der Waals surface area contributed by atoms with Crippen LogP contribution in [0.15, 0.2) is 30.3 Å². The van der Waals surface area contributed by atoms with Gasteiger partial charge in [-0.3, -0.25) is 0 Å². The number of nitrogens with zero attached hydrogens (tertiary/aromatic N) is 1. The lowest BCUT2D eigenvalue weighted by Crippen LogP contribution is -3.00. The summed E-state index contributed by atoms with van der Waals surface area (Å²) in [6, 6.07) is 10.4. The Morgan fingerprint density at radius 2 is 1.65 bits per heavy atom. The number of hydrogen-bond acceptors (Lipinski definition) is 1. The first-order valence-electron chi connectivity index (χ1n) is 5.90. The number of benzene rings is 1. The van der Waals surface area contributed by atoms with Crippen LogP contribution in [-0.2, 0) is 5.41 Å². The highest BCUT2D eigenvalue weighted by Crippen LogP contribution is 2.29. The van der Waals surface area contributed by atoms with E-state index in [9.17, 15) is 5.11 Å². The normalized spacial score (nSPS) is 14.9. The molecule has 1 aromatic rings. The summed E-state index contributed by atoms with van der Waals surface area (Å²) in [6.07, 6.45) is 0.961. The standard InChI is InChI=1S/C14H24NO.HI/c1-5-14(12-16,11-15(2,3)4)13-9-7-6-8-10-13;/h6-10,16H,5,11-12H2,1-4H3;1H/q+1;/p-1. The van der Waals surface area contributed by atoms with Crippen molar-refractivity contribution >= 4 is 0 Å². The van der Waals surface area contributed by atoms with Gasteiger partial charge in [0.15, 0.2) is 0 Å². The van der Waals surface area contributed by atoms with Gasteiger partial charge in [0.1, 0.15) is 0 Å². The lowest BCUT2D eigenvalue weighted by molar-refractivity contribution is -0.875. The Balaban J connectivity index is 0.00000256. The topological polar surface area (TPSA) is 20.2 Å². The molecular weight excluding hydrogens is 325 g/mol. The van der Waals surface area contributed by atoms with Crippen LogP contribution < -0.4 is 24.0 Å². The number of aliphatic hydroxyl groups is 1. The highest BCUT2D eigenvalue weighted by Gasteiger charge is 2.35. The third-order valence-electron chi connectivity index (χ3n) is 3.14. The number of likely N-dealkylation sites (N-methyl/N-ethyl adjacent to an activating group) is 1. The van der Waals surface area contributed by atoms with Gasteiger partial charge in [-0.1, -0.05) is 37.3 Å². The van der Waals surface area contributed by atoms with Crippen molar-refractivity contribution in [3.05, 3.63) is 35.9 Å².